The minimum atomic E-state index is -1.08. The van der Waals surface area contributed by atoms with Crippen molar-refractivity contribution in [2.75, 3.05) is 99.0 Å². The van der Waals surface area contributed by atoms with Crippen molar-refractivity contribution in [3.05, 3.63) is 93.6 Å². The quantitative estimate of drug-likeness (QED) is 0.0725. The largest absolute Gasteiger partial charge is 0.508 e. The van der Waals surface area contributed by atoms with Crippen molar-refractivity contribution in [3.8, 4) is 5.75 Å². The number of carbonyl (C=O) groups is 3. The molecule has 2 aromatic rings. The number of aromatic carboxylic acids is 1. The fourth-order valence-electron chi connectivity index (χ4n) is 6.21. The lowest BCUT2D eigenvalue weighted by Gasteiger charge is -2.27. The topological polar surface area (TPSA) is 168 Å². The number of hydrogen-bond donors (Lipinski definition) is 3. The van der Waals surface area contributed by atoms with E-state index in [1.54, 1.807) is 42.5 Å². The van der Waals surface area contributed by atoms with Crippen LogP contribution in [-0.2, 0) is 55.6 Å². The molecule has 2 aromatic carbocycles. The number of phenolic OH excluding ortho intramolecular Hbond substituents is 1. The molecule has 1 amide bonds. The number of amides is 1. The zero-order valence-electron chi connectivity index (χ0n) is 32.7. The molecule has 0 saturated carbocycles. The highest BCUT2D eigenvalue weighted by Gasteiger charge is 2.28. The fraction of sp³-hybridized carbons (Fsp3) is 0.488. The number of ketones is 1. The third-order valence-corrected chi connectivity index (χ3v) is 9.28. The van der Waals surface area contributed by atoms with Gasteiger partial charge in [-0.2, -0.15) is 0 Å². The summed E-state index contributed by atoms with van der Waals surface area (Å²) >= 11 is 5.63. The van der Waals surface area contributed by atoms with Gasteiger partial charge in [0.25, 0.3) is 0 Å². The van der Waals surface area contributed by atoms with E-state index in [1.165, 1.54) is 6.08 Å². The standard InChI is InChI=1S/C43H55NO12S/c1-2-50-14-15-52-18-19-54-22-23-56-25-24-55-21-20-53-17-16-51-13-11-41(47)44-12-3-4-36(57)26-31-5-8-39(40(27-31)43(48)49)42-37-9-6-34(45)29-32(37)28-33-30-35(46)7-10-38(33)42/h5-10,27,29-30,45H,2-4,11-26,28H2,1H3,(H,44,47)(H,48,49). The lowest BCUT2D eigenvalue weighted by atomic mass is 9.76. The number of thiocarbonyl (C=S) groups is 1. The summed E-state index contributed by atoms with van der Waals surface area (Å²) < 4.78 is 37.9. The van der Waals surface area contributed by atoms with Crippen LogP contribution in [0.5, 0.6) is 5.75 Å². The van der Waals surface area contributed by atoms with E-state index < -0.39 is 5.97 Å². The summed E-state index contributed by atoms with van der Waals surface area (Å²) in [7, 11) is 0. The summed E-state index contributed by atoms with van der Waals surface area (Å²) in [6.45, 7) is 9.21. The molecule has 310 valence electrons. The van der Waals surface area contributed by atoms with Crippen molar-refractivity contribution < 1.29 is 57.8 Å². The Hall–Kier alpha value is -4.12. The highest BCUT2D eigenvalue weighted by Crippen LogP contribution is 2.42. The highest BCUT2D eigenvalue weighted by atomic mass is 32.1. The Balaban J connectivity index is 1.04. The third-order valence-electron chi connectivity index (χ3n) is 8.93. The smallest absolute Gasteiger partial charge is 0.336 e. The van der Waals surface area contributed by atoms with E-state index in [9.17, 15) is 24.6 Å². The number of carbonyl (C=O) groups excluding carboxylic acids is 2. The van der Waals surface area contributed by atoms with Gasteiger partial charge < -0.3 is 48.7 Å². The average Bonchev–Trinajstić information content (AvgIpc) is 3.19. The number of carboxylic acids is 1. The fourth-order valence-corrected chi connectivity index (χ4v) is 6.52. The van der Waals surface area contributed by atoms with Crippen LogP contribution >= 0.6 is 12.2 Å². The van der Waals surface area contributed by atoms with E-state index in [4.69, 9.17) is 45.4 Å². The van der Waals surface area contributed by atoms with Gasteiger partial charge in [-0.05, 0) is 100 Å². The molecule has 2 aliphatic carbocycles. The molecule has 0 spiro atoms. The molecule has 3 N–H and O–H groups in total. The maximum absolute atomic E-state index is 12.6. The van der Waals surface area contributed by atoms with Crippen molar-refractivity contribution in [2.24, 2.45) is 0 Å². The summed E-state index contributed by atoms with van der Waals surface area (Å²) in [6.07, 6.45) is 7.13. The Morgan fingerprint density at radius 3 is 1.91 bits per heavy atom. The molecular weight excluding hydrogens is 755 g/mol. The van der Waals surface area contributed by atoms with Crippen LogP contribution in [0.2, 0.25) is 0 Å². The predicted octanol–water partition coefficient (Wildman–Crippen LogP) is 4.85. The first-order valence-electron chi connectivity index (χ1n) is 19.5. The summed E-state index contributed by atoms with van der Waals surface area (Å²) in [5, 5.41) is 23.3. The number of ether oxygens (including phenoxy) is 7. The van der Waals surface area contributed by atoms with Gasteiger partial charge in [-0.3, -0.25) is 9.59 Å². The second kappa shape index (κ2) is 26.0. The molecule has 0 bridgehead atoms. The van der Waals surface area contributed by atoms with Gasteiger partial charge in [-0.1, -0.05) is 36.5 Å². The van der Waals surface area contributed by atoms with Gasteiger partial charge >= 0.3 is 5.97 Å². The molecule has 14 heteroatoms. The van der Waals surface area contributed by atoms with Gasteiger partial charge in [0.1, 0.15) is 5.75 Å². The number of aromatic hydroxyl groups is 1. The summed E-state index contributed by atoms with van der Waals surface area (Å²) in [4.78, 5) is 37.7. The third kappa shape index (κ3) is 16.3. The van der Waals surface area contributed by atoms with Crippen molar-refractivity contribution in [1.82, 2.24) is 5.32 Å². The maximum Gasteiger partial charge on any atom is 0.336 e. The van der Waals surface area contributed by atoms with Crippen LogP contribution in [-0.4, -0.2) is 132 Å². The molecule has 0 atom stereocenters. The van der Waals surface area contributed by atoms with E-state index in [-0.39, 0.29) is 36.0 Å². The predicted molar refractivity (Wildman–Crippen MR) is 218 cm³/mol. The first-order chi connectivity index (χ1) is 27.8. The van der Waals surface area contributed by atoms with E-state index in [0.29, 0.717) is 129 Å². The lowest BCUT2D eigenvalue weighted by molar-refractivity contribution is -0.122. The van der Waals surface area contributed by atoms with Crippen LogP contribution in [0.1, 0.15) is 58.8 Å². The first-order valence-corrected chi connectivity index (χ1v) is 19.9. The second-order valence-corrected chi connectivity index (χ2v) is 13.8. The zero-order valence-corrected chi connectivity index (χ0v) is 33.5. The molecular formula is C43H55NO12S. The van der Waals surface area contributed by atoms with Crippen LogP contribution in [0.3, 0.4) is 0 Å². The average molecular weight is 810 g/mol. The van der Waals surface area contributed by atoms with Crippen molar-refractivity contribution in [2.45, 2.75) is 39.0 Å². The Morgan fingerprint density at radius 2 is 1.32 bits per heavy atom. The zero-order chi connectivity index (χ0) is 40.7. The maximum atomic E-state index is 12.6. The monoisotopic (exact) mass is 809 g/mol. The van der Waals surface area contributed by atoms with Gasteiger partial charge in [0.2, 0.25) is 5.91 Å². The van der Waals surface area contributed by atoms with Crippen LogP contribution < -0.4 is 5.32 Å². The molecule has 57 heavy (non-hydrogen) atoms. The molecule has 0 aliphatic heterocycles. The Labute approximate surface area is 339 Å². The Kier molecular flexibility index (Phi) is 20.8. The van der Waals surface area contributed by atoms with Gasteiger partial charge in [-0.25, -0.2) is 4.79 Å². The van der Waals surface area contributed by atoms with Gasteiger partial charge in [-0.15, -0.1) is 0 Å². The van der Waals surface area contributed by atoms with Crippen LogP contribution in [0.4, 0.5) is 0 Å². The minimum absolute atomic E-state index is 0.102. The van der Waals surface area contributed by atoms with Gasteiger partial charge in [0.05, 0.1) is 91.5 Å². The van der Waals surface area contributed by atoms with E-state index in [0.717, 1.165) is 32.7 Å². The minimum Gasteiger partial charge on any atom is -0.508 e. The number of fused-ring (bicyclic) bond motifs is 2. The lowest BCUT2D eigenvalue weighted by Crippen LogP contribution is -2.26. The van der Waals surface area contributed by atoms with Crippen LogP contribution in [0.15, 0.2) is 65.8 Å². The normalized spacial score (nSPS) is 13.4. The molecule has 0 unspecified atom stereocenters. The van der Waals surface area contributed by atoms with E-state index in [1.807, 2.05) is 13.0 Å². The first kappa shape index (κ1) is 45.6. The second-order valence-electron chi connectivity index (χ2n) is 13.2. The summed E-state index contributed by atoms with van der Waals surface area (Å²) in [6, 6.07) is 10.3. The van der Waals surface area contributed by atoms with Crippen molar-refractivity contribution in [3.63, 3.8) is 0 Å². The SMILES string of the molecule is CCOCCOCCOCCOCCOCCOCCOCCC(=O)NCCCC(=S)Cc1ccc(C2=C3C=CC(=O)C=C3Cc3cc(O)ccc32)c(C(=O)O)c1. The molecule has 2 aliphatic rings. The number of carboxylic acid groups (broad SMARTS) is 1. The number of hydrogen-bond acceptors (Lipinski definition) is 12. The molecule has 4 rings (SSSR count). The van der Waals surface area contributed by atoms with Crippen LogP contribution in [0, 0.1) is 0 Å². The number of phenols is 1. The molecule has 0 aromatic heterocycles. The number of benzene rings is 2. The van der Waals surface area contributed by atoms with Crippen LogP contribution in [0.25, 0.3) is 5.57 Å². The van der Waals surface area contributed by atoms with E-state index >= 15 is 0 Å². The Morgan fingerprint density at radius 1 is 0.737 bits per heavy atom. The molecule has 0 heterocycles. The molecule has 13 nitrogen and oxygen atoms in total. The Bertz CT molecular complexity index is 1740. The molecule has 0 saturated heterocycles. The summed E-state index contributed by atoms with van der Waals surface area (Å²) in [5.74, 6) is -1.22. The van der Waals surface area contributed by atoms with Gasteiger partial charge in [0.15, 0.2) is 5.78 Å². The van der Waals surface area contributed by atoms with E-state index in [2.05, 4.69) is 5.32 Å². The number of rotatable bonds is 30. The number of nitrogens with one attached hydrogen (secondary N) is 1. The number of allylic oxidation sites excluding steroid dienone is 5. The van der Waals surface area contributed by atoms with Gasteiger partial charge in [0, 0.05) is 26.0 Å². The molecule has 0 radical (unpaired) electrons. The highest BCUT2D eigenvalue weighted by molar-refractivity contribution is 7.80. The van der Waals surface area contributed by atoms with Crippen molar-refractivity contribution >= 4 is 40.3 Å². The summed E-state index contributed by atoms with van der Waals surface area (Å²) in [5.41, 5.74) is 5.33. The van der Waals surface area contributed by atoms with Crippen molar-refractivity contribution in [1.29, 1.82) is 0 Å². The molecule has 0 fully saturated rings.